The molecule has 2 fully saturated rings. The molecular formula is C13H17NO4. The van der Waals surface area contributed by atoms with Crippen LogP contribution in [0.5, 0.6) is 0 Å². The fourth-order valence-corrected chi connectivity index (χ4v) is 2.81. The smallest absolute Gasteiger partial charge is 0.332 e. The molecule has 18 heavy (non-hydrogen) atoms. The van der Waals surface area contributed by atoms with Crippen molar-refractivity contribution >= 4 is 17.7 Å². The van der Waals surface area contributed by atoms with E-state index in [0.29, 0.717) is 32.4 Å². The molecular weight excluding hydrogens is 234 g/mol. The van der Waals surface area contributed by atoms with Gasteiger partial charge >= 0.3 is 5.97 Å². The first-order valence-electron chi connectivity index (χ1n) is 6.17. The van der Waals surface area contributed by atoms with Crippen molar-refractivity contribution < 1.29 is 19.1 Å². The molecule has 2 aliphatic rings. The summed E-state index contributed by atoms with van der Waals surface area (Å²) in [7, 11) is 0. The summed E-state index contributed by atoms with van der Waals surface area (Å²) in [5.41, 5.74) is -0.0161. The van der Waals surface area contributed by atoms with Gasteiger partial charge in [0.2, 0.25) is 5.91 Å². The zero-order valence-electron chi connectivity index (χ0n) is 10.7. The van der Waals surface area contributed by atoms with E-state index < -0.39 is 5.54 Å². The zero-order valence-corrected chi connectivity index (χ0v) is 10.7. The number of hydrogen-bond donors (Lipinski definition) is 0. The maximum Gasteiger partial charge on any atom is 0.332 e. The number of hydrogen-bond acceptors (Lipinski definition) is 4. The number of esters is 1. The highest BCUT2D eigenvalue weighted by Crippen LogP contribution is 2.42. The van der Waals surface area contributed by atoms with E-state index in [2.05, 4.69) is 0 Å². The summed E-state index contributed by atoms with van der Waals surface area (Å²) in [4.78, 5) is 36.6. The van der Waals surface area contributed by atoms with Crippen molar-refractivity contribution in [2.24, 2.45) is 0 Å². The maximum absolute atomic E-state index is 12.1. The molecule has 0 N–H and O–H groups in total. The van der Waals surface area contributed by atoms with E-state index in [1.807, 2.05) is 0 Å². The van der Waals surface area contributed by atoms with E-state index in [4.69, 9.17) is 4.74 Å². The summed E-state index contributed by atoms with van der Waals surface area (Å²) >= 11 is 0. The Morgan fingerprint density at radius 3 is 2.83 bits per heavy atom. The van der Waals surface area contributed by atoms with Crippen molar-refractivity contribution in [1.82, 2.24) is 4.90 Å². The monoisotopic (exact) mass is 251 g/mol. The molecule has 1 amide bonds. The normalized spacial score (nSPS) is 28.7. The third kappa shape index (κ3) is 1.94. The molecule has 0 aliphatic carbocycles. The lowest BCUT2D eigenvalue weighted by molar-refractivity contribution is -0.157. The van der Waals surface area contributed by atoms with Crippen LogP contribution >= 0.6 is 0 Å². The number of amides is 1. The summed E-state index contributed by atoms with van der Waals surface area (Å²) < 4.78 is 5.09. The van der Waals surface area contributed by atoms with Crippen LogP contribution in [0.25, 0.3) is 0 Å². The molecule has 2 heterocycles. The Hall–Kier alpha value is -1.65. The predicted octanol–water partition coefficient (Wildman–Crippen LogP) is 0.830. The quantitative estimate of drug-likeness (QED) is 0.550. The number of nitrogens with zero attached hydrogens (tertiary/aromatic N) is 1. The second kappa shape index (κ2) is 4.55. The molecule has 5 heteroatoms. The van der Waals surface area contributed by atoms with E-state index in [-0.39, 0.29) is 17.7 Å². The minimum absolute atomic E-state index is 0.0324. The molecule has 0 unspecified atom stereocenters. The molecule has 1 atom stereocenters. The van der Waals surface area contributed by atoms with Crippen LogP contribution in [0.3, 0.4) is 0 Å². The number of ether oxygens (including phenoxy) is 1. The Labute approximate surface area is 106 Å². The molecule has 0 aromatic carbocycles. The number of carbonyl (C=O) groups is 3. The summed E-state index contributed by atoms with van der Waals surface area (Å²) in [6, 6.07) is 0. The van der Waals surface area contributed by atoms with Crippen molar-refractivity contribution in [3.8, 4) is 0 Å². The lowest BCUT2D eigenvalue weighted by Crippen LogP contribution is -2.48. The second-order valence-electron chi connectivity index (χ2n) is 4.82. The summed E-state index contributed by atoms with van der Waals surface area (Å²) in [5, 5.41) is 0. The van der Waals surface area contributed by atoms with Gasteiger partial charge in [0.25, 0.3) is 0 Å². The van der Waals surface area contributed by atoms with E-state index in [9.17, 15) is 14.4 Å². The molecule has 0 bridgehead atoms. The summed E-state index contributed by atoms with van der Waals surface area (Å²) in [6.07, 6.45) is 2.82. The number of allylic oxidation sites excluding steroid dienone is 1. The molecule has 5 nitrogen and oxygen atoms in total. The third-order valence-corrected chi connectivity index (χ3v) is 3.51. The van der Waals surface area contributed by atoms with Gasteiger partial charge < -0.3 is 9.64 Å². The number of rotatable bonds is 3. The van der Waals surface area contributed by atoms with Gasteiger partial charge in [-0.1, -0.05) is 0 Å². The molecule has 0 aromatic rings. The van der Waals surface area contributed by atoms with Crippen LogP contribution in [0, 0.1) is 0 Å². The molecule has 2 aliphatic heterocycles. The first kappa shape index (κ1) is 12.8. The summed E-state index contributed by atoms with van der Waals surface area (Å²) in [6.45, 7) is 3.89. The number of fused-ring (bicyclic) bond motifs is 1. The minimum atomic E-state index is -0.853. The highest BCUT2D eigenvalue weighted by molar-refractivity contribution is 5.95. The van der Waals surface area contributed by atoms with E-state index in [1.165, 1.54) is 13.0 Å². The Morgan fingerprint density at radius 1 is 1.50 bits per heavy atom. The molecule has 2 rings (SSSR count). The Balaban J connectivity index is 2.29. The Kier molecular flexibility index (Phi) is 3.24. The lowest BCUT2D eigenvalue weighted by atomic mass is 9.92. The van der Waals surface area contributed by atoms with Crippen LogP contribution in [-0.4, -0.2) is 41.3 Å². The third-order valence-electron chi connectivity index (χ3n) is 3.51. The highest BCUT2D eigenvalue weighted by Gasteiger charge is 2.56. The molecule has 0 spiro atoms. The van der Waals surface area contributed by atoms with Crippen molar-refractivity contribution in [2.75, 3.05) is 13.2 Å². The van der Waals surface area contributed by atoms with Crippen molar-refractivity contribution in [1.29, 1.82) is 0 Å². The largest absolute Gasteiger partial charge is 0.464 e. The van der Waals surface area contributed by atoms with Crippen LogP contribution in [0.15, 0.2) is 11.6 Å². The standard InChI is InChI=1S/C13H17NO4/c1-3-18-12(17)13-5-4-11(16)14(13)8-10(7-13)6-9(2)15/h6H,3-5,7-8H2,1-2H3/b10-6-/t13-/m0/s1. The molecule has 0 aromatic heterocycles. The van der Waals surface area contributed by atoms with Crippen LogP contribution in [-0.2, 0) is 19.1 Å². The number of ketones is 1. The average molecular weight is 251 g/mol. The SMILES string of the molecule is CCOC(=O)[C@@]12CCC(=O)N1C/C(=C\C(C)=O)C2. The van der Waals surface area contributed by atoms with Crippen LogP contribution < -0.4 is 0 Å². The van der Waals surface area contributed by atoms with E-state index in [1.54, 1.807) is 11.8 Å². The van der Waals surface area contributed by atoms with Gasteiger partial charge in [-0.05, 0) is 31.9 Å². The van der Waals surface area contributed by atoms with E-state index in [0.717, 1.165) is 5.57 Å². The number of carbonyl (C=O) groups excluding carboxylic acids is 3. The zero-order chi connectivity index (χ0) is 13.3. The van der Waals surface area contributed by atoms with E-state index >= 15 is 0 Å². The highest BCUT2D eigenvalue weighted by atomic mass is 16.5. The minimum Gasteiger partial charge on any atom is -0.464 e. The van der Waals surface area contributed by atoms with Gasteiger partial charge in [-0.15, -0.1) is 0 Å². The van der Waals surface area contributed by atoms with Gasteiger partial charge in [-0.2, -0.15) is 0 Å². The first-order chi connectivity index (χ1) is 8.49. The Morgan fingerprint density at radius 2 is 2.22 bits per heavy atom. The second-order valence-corrected chi connectivity index (χ2v) is 4.82. The fraction of sp³-hybridized carbons (Fsp3) is 0.615. The topological polar surface area (TPSA) is 63.7 Å². The molecule has 0 radical (unpaired) electrons. The van der Waals surface area contributed by atoms with Gasteiger partial charge in [0.1, 0.15) is 5.54 Å². The van der Waals surface area contributed by atoms with Crippen molar-refractivity contribution in [3.63, 3.8) is 0 Å². The lowest BCUT2D eigenvalue weighted by Gasteiger charge is -2.28. The van der Waals surface area contributed by atoms with Crippen LogP contribution in [0.1, 0.15) is 33.1 Å². The molecule has 2 saturated heterocycles. The maximum atomic E-state index is 12.1. The van der Waals surface area contributed by atoms with Crippen LogP contribution in [0.4, 0.5) is 0 Å². The van der Waals surface area contributed by atoms with Crippen molar-refractivity contribution in [2.45, 2.75) is 38.6 Å². The van der Waals surface area contributed by atoms with Gasteiger partial charge in [-0.3, -0.25) is 9.59 Å². The van der Waals surface area contributed by atoms with Crippen LogP contribution in [0.2, 0.25) is 0 Å². The van der Waals surface area contributed by atoms with Gasteiger partial charge in [0.15, 0.2) is 5.78 Å². The molecule has 98 valence electrons. The summed E-state index contributed by atoms with van der Waals surface area (Å²) in [5.74, 6) is -0.435. The van der Waals surface area contributed by atoms with Gasteiger partial charge in [-0.25, -0.2) is 4.79 Å². The average Bonchev–Trinajstić information content (AvgIpc) is 2.78. The van der Waals surface area contributed by atoms with Crippen molar-refractivity contribution in [3.05, 3.63) is 11.6 Å². The van der Waals surface area contributed by atoms with Gasteiger partial charge in [0, 0.05) is 19.4 Å². The molecule has 0 saturated carbocycles. The first-order valence-corrected chi connectivity index (χ1v) is 6.17. The predicted molar refractivity (Wildman–Crippen MR) is 63.7 cm³/mol. The van der Waals surface area contributed by atoms with Gasteiger partial charge in [0.05, 0.1) is 6.61 Å². The Bertz CT molecular complexity index is 440. The fourth-order valence-electron chi connectivity index (χ4n) is 2.81.